The molecule has 3 aromatic carbocycles. The van der Waals surface area contributed by atoms with Gasteiger partial charge in [-0.25, -0.2) is 4.20 Å². The molecule has 0 saturated heterocycles. The summed E-state index contributed by atoms with van der Waals surface area (Å²) >= 11 is 0. The summed E-state index contributed by atoms with van der Waals surface area (Å²) < 4.78 is 13.0. The van der Waals surface area contributed by atoms with E-state index in [9.17, 15) is 4.20 Å². The summed E-state index contributed by atoms with van der Waals surface area (Å²) in [5.74, 6) is 0.389. The largest absolute Gasteiger partial charge is 0.372 e. The molecule has 1 aromatic heterocycles. The van der Waals surface area contributed by atoms with Gasteiger partial charge in [-0.15, -0.1) is 0 Å². The number of aryl methyl sites for hydroxylation is 1. The maximum atomic E-state index is 13.0. The highest BCUT2D eigenvalue weighted by Gasteiger charge is 2.20. The van der Waals surface area contributed by atoms with Gasteiger partial charge in [0.25, 0.3) is 0 Å². The van der Waals surface area contributed by atoms with Crippen LogP contribution < -0.4 is 10.6 Å². The lowest BCUT2D eigenvalue weighted by atomic mass is 9.94. The Kier molecular flexibility index (Phi) is 9.83. The average Bonchev–Trinajstić information content (AvgIpc) is 2.93. The molecule has 180 valence electrons. The number of para-hydroxylation sites is 1. The molecule has 2 unspecified atom stereocenters. The molecule has 2 nitrogen and oxygen atoms in total. The van der Waals surface area contributed by atoms with Crippen LogP contribution in [-0.4, -0.2) is 4.98 Å². The van der Waals surface area contributed by atoms with Crippen LogP contribution in [0.5, 0.6) is 0 Å². The topological polar surface area (TPSA) is 24.9 Å². The molecule has 0 amide bonds. The van der Waals surface area contributed by atoms with Crippen molar-refractivity contribution in [1.82, 2.24) is 4.98 Å². The second-order valence-electron chi connectivity index (χ2n) is 8.34. The first-order valence-corrected chi connectivity index (χ1v) is 13.2. The fraction of sp³-hybridized carbons (Fsp3) is 0.258. The highest BCUT2D eigenvalue weighted by Crippen LogP contribution is 2.34. The van der Waals surface area contributed by atoms with Crippen molar-refractivity contribution in [3.05, 3.63) is 113 Å². The Morgan fingerprint density at radius 1 is 0.943 bits per heavy atom. The second kappa shape index (κ2) is 13.0. The number of nitrogens with one attached hydrogen (secondary N) is 1. The predicted octanol–water partition coefficient (Wildman–Crippen LogP) is 8.45. The third-order valence-corrected chi connectivity index (χ3v) is 6.37. The molecule has 35 heavy (non-hydrogen) atoms. The van der Waals surface area contributed by atoms with Crippen molar-refractivity contribution in [2.24, 2.45) is 0 Å². The highest BCUT2D eigenvalue weighted by atomic mass is 31.1. The molecule has 0 radical (unpaired) electrons. The Morgan fingerprint density at radius 2 is 1.69 bits per heavy atom. The van der Waals surface area contributed by atoms with Crippen molar-refractivity contribution >= 4 is 19.9 Å². The summed E-state index contributed by atoms with van der Waals surface area (Å²) in [6, 6.07) is 32.2. The van der Waals surface area contributed by atoms with Crippen molar-refractivity contribution < 1.29 is 4.20 Å². The number of halogens is 1. The summed E-state index contributed by atoms with van der Waals surface area (Å²) in [5, 5.41) is 4.51. The molecule has 2 atom stereocenters. The zero-order valence-corrected chi connectivity index (χ0v) is 22.2. The molecule has 0 fully saturated rings. The van der Waals surface area contributed by atoms with Crippen LogP contribution >= 0.6 is 8.89 Å². The van der Waals surface area contributed by atoms with Gasteiger partial charge in [-0.2, -0.15) is 0 Å². The van der Waals surface area contributed by atoms with Crippen molar-refractivity contribution in [3.63, 3.8) is 0 Å². The summed E-state index contributed by atoms with van der Waals surface area (Å²) in [5.41, 5.74) is 7.46. The van der Waals surface area contributed by atoms with Crippen molar-refractivity contribution in [2.75, 3.05) is 5.32 Å². The summed E-state index contributed by atoms with van der Waals surface area (Å²) in [7, 11) is -0.700. The summed E-state index contributed by atoms with van der Waals surface area (Å²) in [4.78, 5) is 5.01. The lowest BCUT2D eigenvalue weighted by Gasteiger charge is -2.25. The SMILES string of the molecule is CC.CCc1cccc(C(C)C)c1NC(c1c#cccc1)c1cccc(-c2ccc(PF)cc2)n1. The zero-order chi connectivity index (χ0) is 25.2. The van der Waals surface area contributed by atoms with E-state index in [1.165, 1.54) is 11.1 Å². The van der Waals surface area contributed by atoms with Crippen LogP contribution in [0.2, 0.25) is 0 Å². The van der Waals surface area contributed by atoms with Crippen LogP contribution in [0.1, 0.15) is 69.0 Å². The minimum Gasteiger partial charge on any atom is -0.372 e. The van der Waals surface area contributed by atoms with Crippen molar-refractivity contribution in [1.29, 1.82) is 0 Å². The van der Waals surface area contributed by atoms with Crippen LogP contribution in [0.3, 0.4) is 0 Å². The van der Waals surface area contributed by atoms with E-state index in [4.69, 9.17) is 4.98 Å². The molecular formula is C31H34FN2P. The Balaban J connectivity index is 0.00000167. The van der Waals surface area contributed by atoms with Gasteiger partial charge in [-0.1, -0.05) is 101 Å². The van der Waals surface area contributed by atoms with Gasteiger partial charge in [-0.05, 0) is 47.7 Å². The van der Waals surface area contributed by atoms with Gasteiger partial charge in [0.2, 0.25) is 0 Å². The van der Waals surface area contributed by atoms with E-state index in [1.807, 2.05) is 68.4 Å². The Bertz CT molecular complexity index is 1190. The third-order valence-electron chi connectivity index (χ3n) is 5.81. The van der Waals surface area contributed by atoms with Crippen LogP contribution in [0.15, 0.2) is 78.9 Å². The molecule has 1 N–H and O–H groups in total. The van der Waals surface area contributed by atoms with Crippen LogP contribution in [0, 0.1) is 12.1 Å². The first-order chi connectivity index (χ1) is 17.1. The molecule has 0 aliphatic carbocycles. The van der Waals surface area contributed by atoms with Gasteiger partial charge < -0.3 is 5.32 Å². The first-order valence-electron chi connectivity index (χ1n) is 12.3. The van der Waals surface area contributed by atoms with E-state index >= 15 is 0 Å². The van der Waals surface area contributed by atoms with Gasteiger partial charge in [0, 0.05) is 22.1 Å². The van der Waals surface area contributed by atoms with E-state index < -0.39 is 8.89 Å². The van der Waals surface area contributed by atoms with Crippen molar-refractivity contribution in [3.8, 4) is 11.3 Å². The monoisotopic (exact) mass is 484 g/mol. The molecule has 1 heterocycles. The number of rotatable bonds is 8. The van der Waals surface area contributed by atoms with E-state index in [0.717, 1.165) is 34.6 Å². The van der Waals surface area contributed by atoms with Crippen LogP contribution in [0.25, 0.3) is 11.3 Å². The normalized spacial score (nSPS) is 11.6. The number of hydrogen-bond acceptors (Lipinski definition) is 2. The lowest BCUT2D eigenvalue weighted by Crippen LogP contribution is -2.16. The maximum absolute atomic E-state index is 13.0. The third kappa shape index (κ3) is 6.47. The van der Waals surface area contributed by atoms with E-state index in [2.05, 4.69) is 62.5 Å². The number of anilines is 1. The van der Waals surface area contributed by atoms with E-state index in [1.54, 1.807) is 0 Å². The fourth-order valence-electron chi connectivity index (χ4n) is 4.04. The molecule has 4 aromatic rings. The number of benzene rings is 2. The zero-order valence-electron chi connectivity index (χ0n) is 21.2. The molecule has 4 heteroatoms. The molecule has 0 bridgehead atoms. The van der Waals surface area contributed by atoms with E-state index in [0.29, 0.717) is 11.2 Å². The molecule has 4 rings (SSSR count). The van der Waals surface area contributed by atoms with Crippen molar-refractivity contribution in [2.45, 2.75) is 53.0 Å². The Morgan fingerprint density at radius 3 is 2.31 bits per heavy atom. The quantitative estimate of drug-likeness (QED) is 0.254. The number of hydrogen-bond donors (Lipinski definition) is 1. The standard InChI is InChI=1S/C29H28FN2P.C2H6/c1-4-21-12-8-13-25(20(2)3)28(21)32-29(23-10-6-5-7-11-23)27-15-9-14-26(31-27)22-16-18-24(33-30)19-17-22;1-2/h5-6,8-10,12-20,29,32-33H,4H2,1-3H3;1-2H3. The fourth-order valence-corrected chi connectivity index (χ4v) is 4.33. The van der Waals surface area contributed by atoms with Crippen LogP contribution in [0.4, 0.5) is 9.88 Å². The second-order valence-corrected chi connectivity index (χ2v) is 9.10. The summed E-state index contributed by atoms with van der Waals surface area (Å²) in [6.07, 6.45) is 0.940. The van der Waals surface area contributed by atoms with Gasteiger partial charge in [-0.3, -0.25) is 4.98 Å². The molecule has 0 saturated carbocycles. The Labute approximate surface area is 212 Å². The number of aromatic nitrogens is 1. The minimum absolute atomic E-state index is 0.181. The molecular weight excluding hydrogens is 450 g/mol. The van der Waals surface area contributed by atoms with Gasteiger partial charge >= 0.3 is 0 Å². The molecule has 0 spiro atoms. The Hall–Kier alpha value is -3.21. The number of pyridine rings is 1. The summed E-state index contributed by atoms with van der Waals surface area (Å²) in [6.45, 7) is 10.6. The van der Waals surface area contributed by atoms with Crippen LogP contribution in [-0.2, 0) is 6.42 Å². The van der Waals surface area contributed by atoms with Gasteiger partial charge in [0.1, 0.15) is 6.04 Å². The van der Waals surface area contributed by atoms with E-state index in [-0.39, 0.29) is 6.04 Å². The molecule has 0 aliphatic rings. The van der Waals surface area contributed by atoms with Gasteiger partial charge in [0.15, 0.2) is 0 Å². The maximum Gasteiger partial charge on any atom is 0.102 e. The predicted molar refractivity (Wildman–Crippen MR) is 150 cm³/mol. The minimum atomic E-state index is -0.700. The first kappa shape index (κ1) is 26.4. The average molecular weight is 485 g/mol. The lowest BCUT2D eigenvalue weighted by molar-refractivity contribution is 0.839. The molecule has 0 aliphatic heterocycles. The highest BCUT2D eigenvalue weighted by molar-refractivity contribution is 7.41. The smallest absolute Gasteiger partial charge is 0.102 e. The number of nitrogens with zero attached hydrogens (tertiary/aromatic N) is 1. The van der Waals surface area contributed by atoms with Gasteiger partial charge in [0.05, 0.1) is 20.3 Å².